The van der Waals surface area contributed by atoms with Gasteiger partial charge in [-0.3, -0.25) is 0 Å². The van der Waals surface area contributed by atoms with Crippen molar-refractivity contribution >= 4 is 50.5 Å². The van der Waals surface area contributed by atoms with Gasteiger partial charge in [0.05, 0.1) is 21.4 Å². The highest BCUT2D eigenvalue weighted by Gasteiger charge is 2.10. The van der Waals surface area contributed by atoms with Crippen molar-refractivity contribution in [1.29, 1.82) is 0 Å². The maximum Gasteiger partial charge on any atom is 0.0616 e. The van der Waals surface area contributed by atoms with Crippen LogP contribution in [0, 0.1) is 0 Å². The molecule has 2 nitrogen and oxygen atoms in total. The number of rotatable bonds is 3. The van der Waals surface area contributed by atoms with Crippen LogP contribution in [0.2, 0.25) is 10.0 Å². The summed E-state index contributed by atoms with van der Waals surface area (Å²) >= 11 is 15.5. The standard InChI is InChI=1S/C14H13BrCl2N2/c1-19(8-9-4-2-3-5-10(9)15)14-7-12(17)11(16)6-13(14)18/h2-7H,8,18H2,1H3. The Morgan fingerprint density at radius 3 is 2.47 bits per heavy atom. The molecule has 0 aromatic heterocycles. The molecule has 0 fully saturated rings. The normalized spacial score (nSPS) is 10.5. The average molecular weight is 360 g/mol. The molecule has 0 aliphatic carbocycles. The Bertz CT molecular complexity index is 602. The first-order valence-corrected chi connectivity index (χ1v) is 7.23. The molecule has 0 saturated carbocycles. The maximum absolute atomic E-state index is 6.04. The van der Waals surface area contributed by atoms with Crippen LogP contribution in [-0.4, -0.2) is 7.05 Å². The van der Waals surface area contributed by atoms with Crippen LogP contribution in [0.3, 0.4) is 0 Å². The topological polar surface area (TPSA) is 29.3 Å². The second-order valence-electron chi connectivity index (χ2n) is 4.27. The molecule has 0 spiro atoms. The lowest BCUT2D eigenvalue weighted by molar-refractivity contribution is 0.920. The van der Waals surface area contributed by atoms with Crippen LogP contribution in [0.5, 0.6) is 0 Å². The third-order valence-corrected chi connectivity index (χ3v) is 4.34. The van der Waals surface area contributed by atoms with Gasteiger partial charge in [0.15, 0.2) is 0 Å². The second kappa shape index (κ2) is 6.04. The van der Waals surface area contributed by atoms with Crippen LogP contribution in [-0.2, 0) is 6.54 Å². The first kappa shape index (κ1) is 14.5. The van der Waals surface area contributed by atoms with Crippen molar-refractivity contribution in [3.05, 3.63) is 56.5 Å². The van der Waals surface area contributed by atoms with E-state index < -0.39 is 0 Å². The van der Waals surface area contributed by atoms with Gasteiger partial charge in [0.25, 0.3) is 0 Å². The summed E-state index contributed by atoms with van der Waals surface area (Å²) in [6.45, 7) is 0.726. The zero-order valence-electron chi connectivity index (χ0n) is 10.3. The van der Waals surface area contributed by atoms with Crippen LogP contribution in [0.25, 0.3) is 0 Å². The molecule has 2 N–H and O–H groups in total. The summed E-state index contributed by atoms with van der Waals surface area (Å²) in [7, 11) is 1.97. The van der Waals surface area contributed by atoms with Gasteiger partial charge in [0, 0.05) is 18.1 Å². The van der Waals surface area contributed by atoms with E-state index in [1.807, 2.05) is 30.1 Å². The lowest BCUT2D eigenvalue weighted by Gasteiger charge is -2.22. The van der Waals surface area contributed by atoms with Crippen molar-refractivity contribution in [3.8, 4) is 0 Å². The lowest BCUT2D eigenvalue weighted by Crippen LogP contribution is -2.18. The van der Waals surface area contributed by atoms with Gasteiger partial charge in [0.1, 0.15) is 0 Å². The summed E-state index contributed by atoms with van der Waals surface area (Å²) in [5.41, 5.74) is 8.64. The number of benzene rings is 2. The minimum atomic E-state index is 0.470. The van der Waals surface area contributed by atoms with E-state index in [0.717, 1.165) is 16.7 Å². The van der Waals surface area contributed by atoms with E-state index in [-0.39, 0.29) is 0 Å². The Morgan fingerprint density at radius 1 is 1.16 bits per heavy atom. The minimum Gasteiger partial charge on any atom is -0.397 e. The van der Waals surface area contributed by atoms with Crippen molar-refractivity contribution in [2.24, 2.45) is 0 Å². The molecule has 5 heteroatoms. The highest BCUT2D eigenvalue weighted by atomic mass is 79.9. The van der Waals surface area contributed by atoms with Crippen LogP contribution < -0.4 is 10.6 Å². The van der Waals surface area contributed by atoms with Gasteiger partial charge >= 0.3 is 0 Å². The van der Waals surface area contributed by atoms with E-state index in [9.17, 15) is 0 Å². The Hall–Kier alpha value is -0.900. The number of hydrogen-bond donors (Lipinski definition) is 1. The lowest BCUT2D eigenvalue weighted by atomic mass is 10.2. The second-order valence-corrected chi connectivity index (χ2v) is 5.94. The Labute approximate surface area is 131 Å². The fourth-order valence-electron chi connectivity index (χ4n) is 1.85. The van der Waals surface area contributed by atoms with Crippen LogP contribution in [0.1, 0.15) is 5.56 Å². The molecule has 100 valence electrons. The Balaban J connectivity index is 2.28. The van der Waals surface area contributed by atoms with E-state index in [0.29, 0.717) is 15.7 Å². The van der Waals surface area contributed by atoms with Crippen LogP contribution in [0.15, 0.2) is 40.9 Å². The fourth-order valence-corrected chi connectivity index (χ4v) is 2.59. The third-order valence-electron chi connectivity index (χ3n) is 2.85. The molecule has 2 rings (SSSR count). The number of nitrogens with zero attached hydrogens (tertiary/aromatic N) is 1. The summed E-state index contributed by atoms with van der Waals surface area (Å²) in [4.78, 5) is 2.04. The van der Waals surface area contributed by atoms with Gasteiger partial charge in [0.2, 0.25) is 0 Å². The largest absolute Gasteiger partial charge is 0.397 e. The molecule has 0 saturated heterocycles. The predicted molar refractivity (Wildman–Crippen MR) is 87.1 cm³/mol. The third kappa shape index (κ3) is 3.35. The van der Waals surface area contributed by atoms with Gasteiger partial charge in [-0.25, -0.2) is 0 Å². The monoisotopic (exact) mass is 358 g/mol. The van der Waals surface area contributed by atoms with Crippen LogP contribution in [0.4, 0.5) is 11.4 Å². The molecular formula is C14H13BrCl2N2. The predicted octanol–water partition coefficient (Wildman–Crippen LogP) is 4.97. The number of hydrogen-bond acceptors (Lipinski definition) is 2. The van der Waals surface area contributed by atoms with Gasteiger partial charge in [-0.1, -0.05) is 57.3 Å². The number of halogens is 3. The van der Waals surface area contributed by atoms with Crippen molar-refractivity contribution in [2.75, 3.05) is 17.7 Å². The molecule has 0 aliphatic rings. The quantitative estimate of drug-likeness (QED) is 0.783. The van der Waals surface area contributed by atoms with Crippen molar-refractivity contribution in [1.82, 2.24) is 0 Å². The number of nitrogen functional groups attached to an aromatic ring is 1. The molecule has 2 aromatic rings. The van der Waals surface area contributed by atoms with E-state index >= 15 is 0 Å². The summed E-state index contributed by atoms with van der Waals surface area (Å²) < 4.78 is 1.07. The van der Waals surface area contributed by atoms with E-state index in [1.54, 1.807) is 12.1 Å². The molecule has 19 heavy (non-hydrogen) atoms. The van der Waals surface area contributed by atoms with Gasteiger partial charge in [-0.15, -0.1) is 0 Å². The highest BCUT2D eigenvalue weighted by Crippen LogP contribution is 2.33. The molecule has 2 aromatic carbocycles. The molecule has 0 bridgehead atoms. The van der Waals surface area contributed by atoms with E-state index in [2.05, 4.69) is 22.0 Å². The Morgan fingerprint density at radius 2 is 1.79 bits per heavy atom. The molecular weight excluding hydrogens is 347 g/mol. The highest BCUT2D eigenvalue weighted by molar-refractivity contribution is 9.10. The summed E-state index contributed by atoms with van der Waals surface area (Å²) in [5, 5.41) is 0.974. The number of anilines is 2. The summed E-state index contributed by atoms with van der Waals surface area (Å²) in [6, 6.07) is 11.5. The SMILES string of the molecule is CN(Cc1ccccc1Br)c1cc(Cl)c(Cl)cc1N. The van der Waals surface area contributed by atoms with Gasteiger partial charge < -0.3 is 10.6 Å². The Kier molecular flexibility index (Phi) is 4.61. The molecule has 0 unspecified atom stereocenters. The molecule has 0 aliphatic heterocycles. The van der Waals surface area contributed by atoms with Crippen molar-refractivity contribution in [3.63, 3.8) is 0 Å². The molecule has 0 amide bonds. The van der Waals surface area contributed by atoms with Gasteiger partial charge in [-0.2, -0.15) is 0 Å². The van der Waals surface area contributed by atoms with Crippen molar-refractivity contribution in [2.45, 2.75) is 6.54 Å². The smallest absolute Gasteiger partial charge is 0.0616 e. The number of nitrogens with two attached hydrogens (primary N) is 1. The van der Waals surface area contributed by atoms with E-state index in [1.165, 1.54) is 5.56 Å². The van der Waals surface area contributed by atoms with Crippen LogP contribution >= 0.6 is 39.1 Å². The maximum atomic E-state index is 6.04. The first-order chi connectivity index (χ1) is 8.99. The molecule has 0 atom stereocenters. The average Bonchev–Trinajstić information content (AvgIpc) is 2.36. The van der Waals surface area contributed by atoms with Gasteiger partial charge in [-0.05, 0) is 23.8 Å². The zero-order valence-corrected chi connectivity index (χ0v) is 13.4. The summed E-state index contributed by atoms with van der Waals surface area (Å²) in [5.74, 6) is 0. The minimum absolute atomic E-state index is 0.470. The van der Waals surface area contributed by atoms with E-state index in [4.69, 9.17) is 28.9 Å². The summed E-state index contributed by atoms with van der Waals surface area (Å²) in [6.07, 6.45) is 0. The van der Waals surface area contributed by atoms with Crippen molar-refractivity contribution < 1.29 is 0 Å². The molecule has 0 heterocycles. The zero-order chi connectivity index (χ0) is 14.0. The first-order valence-electron chi connectivity index (χ1n) is 5.68. The molecule has 0 radical (unpaired) electrons. The fraction of sp³-hybridized carbons (Fsp3) is 0.143.